The first kappa shape index (κ1) is 19.2. The SMILES string of the molecule is Cc1ccc(C(=O)N2CCCc3cc(C(=O)Nc4ccc(Cl)cc4)ccc32)cc1. The van der Waals surface area contributed by atoms with Crippen LogP contribution < -0.4 is 10.2 Å². The molecule has 1 heterocycles. The summed E-state index contributed by atoms with van der Waals surface area (Å²) in [6, 6.07) is 20.1. The van der Waals surface area contributed by atoms with E-state index in [0.717, 1.165) is 29.7 Å². The van der Waals surface area contributed by atoms with E-state index in [1.807, 2.05) is 48.2 Å². The number of benzene rings is 3. The van der Waals surface area contributed by atoms with Crippen molar-refractivity contribution < 1.29 is 9.59 Å². The number of fused-ring (bicyclic) bond motifs is 1. The average molecular weight is 405 g/mol. The van der Waals surface area contributed by atoms with Crippen molar-refractivity contribution >= 4 is 34.8 Å². The standard InChI is InChI=1S/C24H21ClN2O2/c1-16-4-6-17(7-5-16)24(29)27-14-2-3-18-15-19(8-13-22(18)27)23(28)26-21-11-9-20(25)10-12-21/h4-13,15H,2-3,14H2,1H3,(H,26,28). The molecule has 1 aliphatic heterocycles. The summed E-state index contributed by atoms with van der Waals surface area (Å²) in [7, 11) is 0. The minimum absolute atomic E-state index is 0.00989. The highest BCUT2D eigenvalue weighted by atomic mass is 35.5. The fourth-order valence-corrected chi connectivity index (χ4v) is 3.66. The number of hydrogen-bond donors (Lipinski definition) is 1. The van der Waals surface area contributed by atoms with Gasteiger partial charge in [-0.15, -0.1) is 0 Å². The number of hydrogen-bond acceptors (Lipinski definition) is 2. The van der Waals surface area contributed by atoms with Gasteiger partial charge in [-0.05, 0) is 79.9 Å². The molecular formula is C24H21ClN2O2. The largest absolute Gasteiger partial charge is 0.322 e. The van der Waals surface area contributed by atoms with Gasteiger partial charge in [-0.1, -0.05) is 29.3 Å². The Balaban J connectivity index is 1.56. The maximum absolute atomic E-state index is 13.0. The van der Waals surface area contributed by atoms with Crippen LogP contribution in [-0.4, -0.2) is 18.4 Å². The lowest BCUT2D eigenvalue weighted by atomic mass is 9.98. The van der Waals surface area contributed by atoms with Crippen LogP contribution in [0.25, 0.3) is 0 Å². The van der Waals surface area contributed by atoms with Crippen LogP contribution in [-0.2, 0) is 6.42 Å². The number of carbonyl (C=O) groups excluding carboxylic acids is 2. The van der Waals surface area contributed by atoms with E-state index in [0.29, 0.717) is 28.4 Å². The molecule has 5 heteroatoms. The number of carbonyl (C=O) groups is 2. The molecule has 146 valence electrons. The summed E-state index contributed by atoms with van der Waals surface area (Å²) in [5, 5.41) is 3.50. The lowest BCUT2D eigenvalue weighted by Crippen LogP contribution is -2.35. The van der Waals surface area contributed by atoms with Gasteiger partial charge in [0.25, 0.3) is 11.8 Å². The van der Waals surface area contributed by atoms with Crippen molar-refractivity contribution in [3.63, 3.8) is 0 Å². The lowest BCUT2D eigenvalue weighted by Gasteiger charge is -2.30. The molecule has 0 saturated heterocycles. The van der Waals surface area contributed by atoms with Crippen molar-refractivity contribution in [1.82, 2.24) is 0 Å². The summed E-state index contributed by atoms with van der Waals surface area (Å²) in [5.74, 6) is -0.193. The summed E-state index contributed by atoms with van der Waals surface area (Å²) in [5.41, 5.74) is 4.95. The van der Waals surface area contributed by atoms with Crippen LogP contribution in [0.3, 0.4) is 0 Å². The number of amides is 2. The van der Waals surface area contributed by atoms with Gasteiger partial charge >= 0.3 is 0 Å². The highest BCUT2D eigenvalue weighted by Gasteiger charge is 2.24. The zero-order chi connectivity index (χ0) is 20.4. The van der Waals surface area contributed by atoms with E-state index in [-0.39, 0.29) is 11.8 Å². The van der Waals surface area contributed by atoms with Gasteiger partial charge in [0.15, 0.2) is 0 Å². The Hall–Kier alpha value is -3.11. The minimum atomic E-state index is -0.183. The molecule has 0 aliphatic carbocycles. The molecule has 0 spiro atoms. The van der Waals surface area contributed by atoms with E-state index >= 15 is 0 Å². The van der Waals surface area contributed by atoms with E-state index in [2.05, 4.69) is 5.32 Å². The van der Waals surface area contributed by atoms with E-state index < -0.39 is 0 Å². The molecule has 0 fully saturated rings. The third kappa shape index (κ3) is 4.17. The molecule has 0 saturated carbocycles. The zero-order valence-electron chi connectivity index (χ0n) is 16.1. The minimum Gasteiger partial charge on any atom is -0.322 e. The first-order chi connectivity index (χ1) is 14.0. The maximum atomic E-state index is 13.0. The van der Waals surface area contributed by atoms with Gasteiger partial charge in [0.2, 0.25) is 0 Å². The predicted octanol–water partition coefficient (Wildman–Crippen LogP) is 5.49. The van der Waals surface area contributed by atoms with Gasteiger partial charge in [-0.25, -0.2) is 0 Å². The second-order valence-electron chi connectivity index (χ2n) is 7.23. The van der Waals surface area contributed by atoms with Gasteiger partial charge in [0.1, 0.15) is 0 Å². The number of rotatable bonds is 3. The summed E-state index contributed by atoms with van der Waals surface area (Å²) in [6.45, 7) is 2.68. The topological polar surface area (TPSA) is 49.4 Å². The Bertz CT molecular complexity index is 1060. The molecule has 4 rings (SSSR count). The van der Waals surface area contributed by atoms with Crippen molar-refractivity contribution in [3.8, 4) is 0 Å². The Morgan fingerprint density at radius 1 is 0.931 bits per heavy atom. The van der Waals surface area contributed by atoms with Crippen LogP contribution >= 0.6 is 11.6 Å². The highest BCUT2D eigenvalue weighted by Crippen LogP contribution is 2.30. The van der Waals surface area contributed by atoms with Crippen molar-refractivity contribution in [3.05, 3.63) is 94.0 Å². The maximum Gasteiger partial charge on any atom is 0.258 e. The normalized spacial score (nSPS) is 13.0. The lowest BCUT2D eigenvalue weighted by molar-refractivity contribution is 0.0984. The second kappa shape index (κ2) is 8.10. The smallest absolute Gasteiger partial charge is 0.258 e. The molecule has 0 radical (unpaired) electrons. The Kier molecular flexibility index (Phi) is 5.36. The van der Waals surface area contributed by atoms with Crippen LogP contribution in [0.1, 0.15) is 38.3 Å². The molecule has 3 aromatic rings. The number of nitrogens with zero attached hydrogens (tertiary/aromatic N) is 1. The molecule has 0 unspecified atom stereocenters. The Morgan fingerprint density at radius 3 is 2.34 bits per heavy atom. The molecule has 0 atom stereocenters. The molecule has 1 aliphatic rings. The summed E-state index contributed by atoms with van der Waals surface area (Å²) in [4.78, 5) is 27.4. The molecule has 3 aromatic carbocycles. The van der Waals surface area contributed by atoms with E-state index in [1.165, 1.54) is 0 Å². The van der Waals surface area contributed by atoms with Crippen molar-refractivity contribution in [2.24, 2.45) is 0 Å². The van der Waals surface area contributed by atoms with Gasteiger partial charge < -0.3 is 10.2 Å². The van der Waals surface area contributed by atoms with Crippen LogP contribution in [0.15, 0.2) is 66.7 Å². The summed E-state index contributed by atoms with van der Waals surface area (Å²) >= 11 is 5.89. The second-order valence-corrected chi connectivity index (χ2v) is 7.67. The molecule has 2 amide bonds. The molecule has 4 nitrogen and oxygen atoms in total. The molecular weight excluding hydrogens is 384 g/mol. The van der Waals surface area contributed by atoms with Crippen molar-refractivity contribution in [2.45, 2.75) is 19.8 Å². The Morgan fingerprint density at radius 2 is 1.62 bits per heavy atom. The summed E-state index contributed by atoms with van der Waals surface area (Å²) in [6.07, 6.45) is 1.71. The summed E-state index contributed by atoms with van der Waals surface area (Å²) < 4.78 is 0. The van der Waals surface area contributed by atoms with Crippen molar-refractivity contribution in [2.75, 3.05) is 16.8 Å². The van der Waals surface area contributed by atoms with Crippen LogP contribution in [0.2, 0.25) is 5.02 Å². The third-order valence-electron chi connectivity index (χ3n) is 5.11. The van der Waals surface area contributed by atoms with Gasteiger partial charge in [0.05, 0.1) is 0 Å². The van der Waals surface area contributed by atoms with Crippen LogP contribution in [0.4, 0.5) is 11.4 Å². The number of nitrogens with one attached hydrogen (secondary N) is 1. The van der Waals surface area contributed by atoms with Gasteiger partial charge in [-0.2, -0.15) is 0 Å². The molecule has 1 N–H and O–H groups in total. The molecule has 0 aromatic heterocycles. The van der Waals surface area contributed by atoms with Crippen LogP contribution in [0.5, 0.6) is 0 Å². The molecule has 29 heavy (non-hydrogen) atoms. The van der Waals surface area contributed by atoms with E-state index in [1.54, 1.807) is 30.3 Å². The predicted molar refractivity (Wildman–Crippen MR) is 117 cm³/mol. The first-order valence-electron chi connectivity index (χ1n) is 9.59. The monoisotopic (exact) mass is 404 g/mol. The average Bonchev–Trinajstić information content (AvgIpc) is 2.74. The number of halogens is 1. The highest BCUT2D eigenvalue weighted by molar-refractivity contribution is 6.30. The molecule has 0 bridgehead atoms. The number of anilines is 2. The van der Waals surface area contributed by atoms with Crippen LogP contribution in [0, 0.1) is 6.92 Å². The van der Waals surface area contributed by atoms with Gasteiger partial charge in [-0.3, -0.25) is 9.59 Å². The number of aryl methyl sites for hydroxylation is 2. The first-order valence-corrected chi connectivity index (χ1v) is 9.97. The fourth-order valence-electron chi connectivity index (χ4n) is 3.54. The Labute approximate surface area is 175 Å². The van der Waals surface area contributed by atoms with Gasteiger partial charge in [0, 0.05) is 34.1 Å². The fraction of sp³-hybridized carbons (Fsp3) is 0.167. The zero-order valence-corrected chi connectivity index (χ0v) is 16.9. The third-order valence-corrected chi connectivity index (χ3v) is 5.36. The van der Waals surface area contributed by atoms with E-state index in [9.17, 15) is 9.59 Å². The quantitative estimate of drug-likeness (QED) is 0.627. The van der Waals surface area contributed by atoms with Crippen molar-refractivity contribution in [1.29, 1.82) is 0 Å². The van der Waals surface area contributed by atoms with E-state index in [4.69, 9.17) is 11.6 Å².